The molecule has 1 N–H and O–H groups in total. The second-order valence-electron chi connectivity index (χ2n) is 3.39. The van der Waals surface area contributed by atoms with E-state index in [9.17, 15) is 4.79 Å². The zero-order valence-corrected chi connectivity index (χ0v) is 8.52. The van der Waals surface area contributed by atoms with Crippen LogP contribution in [0.1, 0.15) is 46.0 Å². The van der Waals surface area contributed by atoms with Gasteiger partial charge in [0.25, 0.3) is 0 Å². The van der Waals surface area contributed by atoms with Gasteiger partial charge in [-0.15, -0.1) is 0 Å². The summed E-state index contributed by atoms with van der Waals surface area (Å²) in [7, 11) is 1.93. The molecule has 0 amide bonds. The van der Waals surface area contributed by atoms with E-state index in [0.29, 0.717) is 12.5 Å². The zero-order valence-electron chi connectivity index (χ0n) is 8.52. The average molecular weight is 171 g/mol. The topological polar surface area (TPSA) is 29.1 Å². The normalized spacial score (nSPS) is 12.9. The van der Waals surface area contributed by atoms with Crippen molar-refractivity contribution >= 4 is 5.78 Å². The summed E-state index contributed by atoms with van der Waals surface area (Å²) in [4.78, 5) is 10.8. The molecule has 0 radical (unpaired) electrons. The van der Waals surface area contributed by atoms with Crippen LogP contribution in [-0.2, 0) is 4.79 Å². The first-order valence-corrected chi connectivity index (χ1v) is 4.87. The molecule has 12 heavy (non-hydrogen) atoms. The molecule has 0 rings (SSSR count). The van der Waals surface area contributed by atoms with E-state index in [1.165, 1.54) is 19.3 Å². The van der Waals surface area contributed by atoms with E-state index in [1.54, 1.807) is 6.92 Å². The molecule has 2 heteroatoms. The van der Waals surface area contributed by atoms with E-state index in [0.717, 1.165) is 6.42 Å². The Morgan fingerprint density at radius 1 is 1.42 bits per heavy atom. The van der Waals surface area contributed by atoms with E-state index in [-0.39, 0.29) is 5.78 Å². The van der Waals surface area contributed by atoms with Gasteiger partial charge in [0.2, 0.25) is 0 Å². The molecule has 0 fully saturated rings. The van der Waals surface area contributed by atoms with Gasteiger partial charge in [0.1, 0.15) is 5.78 Å². The van der Waals surface area contributed by atoms with Crippen molar-refractivity contribution in [3.05, 3.63) is 0 Å². The van der Waals surface area contributed by atoms with Crippen LogP contribution in [0.4, 0.5) is 0 Å². The van der Waals surface area contributed by atoms with Gasteiger partial charge in [0, 0.05) is 12.5 Å². The van der Waals surface area contributed by atoms with E-state index in [1.807, 2.05) is 7.05 Å². The van der Waals surface area contributed by atoms with Crippen LogP contribution in [0.5, 0.6) is 0 Å². The Morgan fingerprint density at radius 3 is 2.50 bits per heavy atom. The fourth-order valence-electron chi connectivity index (χ4n) is 1.34. The molecular weight excluding hydrogens is 150 g/mol. The molecule has 0 aromatic carbocycles. The lowest BCUT2D eigenvalue weighted by Gasteiger charge is -2.13. The molecule has 0 aliphatic heterocycles. The van der Waals surface area contributed by atoms with Gasteiger partial charge in [-0.1, -0.05) is 26.2 Å². The lowest BCUT2D eigenvalue weighted by Crippen LogP contribution is -2.27. The van der Waals surface area contributed by atoms with Crippen molar-refractivity contribution in [3.8, 4) is 0 Å². The number of carbonyl (C=O) groups excluding carboxylic acids is 1. The first kappa shape index (κ1) is 11.6. The van der Waals surface area contributed by atoms with Crippen LogP contribution in [0, 0.1) is 0 Å². The highest BCUT2D eigenvalue weighted by molar-refractivity contribution is 5.76. The molecule has 0 aliphatic rings. The Morgan fingerprint density at radius 2 is 2.08 bits per heavy atom. The van der Waals surface area contributed by atoms with Crippen LogP contribution in [0.15, 0.2) is 0 Å². The molecule has 0 unspecified atom stereocenters. The summed E-state index contributed by atoms with van der Waals surface area (Å²) in [6.07, 6.45) is 5.56. The molecular formula is C10H21NO. The van der Waals surface area contributed by atoms with Gasteiger partial charge in [-0.2, -0.15) is 0 Å². The average Bonchev–Trinajstić information content (AvgIpc) is 2.02. The molecule has 1 atom stereocenters. The highest BCUT2D eigenvalue weighted by Crippen LogP contribution is 2.06. The Bertz CT molecular complexity index is 123. The number of carbonyl (C=O) groups is 1. The van der Waals surface area contributed by atoms with Crippen molar-refractivity contribution in [2.24, 2.45) is 0 Å². The molecule has 0 aromatic rings. The SMILES string of the molecule is CCCCC[C@@H](CC(C)=O)NC. The van der Waals surface area contributed by atoms with Crippen LogP contribution in [0.2, 0.25) is 0 Å². The minimum absolute atomic E-state index is 0.283. The van der Waals surface area contributed by atoms with Crippen molar-refractivity contribution < 1.29 is 4.79 Å². The number of unbranched alkanes of at least 4 members (excludes halogenated alkanes) is 2. The molecule has 0 heterocycles. The van der Waals surface area contributed by atoms with Crippen LogP contribution < -0.4 is 5.32 Å². The Hall–Kier alpha value is -0.370. The van der Waals surface area contributed by atoms with E-state index < -0.39 is 0 Å². The highest BCUT2D eigenvalue weighted by atomic mass is 16.1. The molecule has 72 valence electrons. The van der Waals surface area contributed by atoms with Crippen molar-refractivity contribution in [3.63, 3.8) is 0 Å². The van der Waals surface area contributed by atoms with Crippen LogP contribution in [0.25, 0.3) is 0 Å². The largest absolute Gasteiger partial charge is 0.317 e. The molecule has 0 spiro atoms. The maximum absolute atomic E-state index is 10.8. The van der Waals surface area contributed by atoms with Gasteiger partial charge in [-0.05, 0) is 20.4 Å². The smallest absolute Gasteiger partial charge is 0.131 e. The summed E-state index contributed by atoms with van der Waals surface area (Å²) in [5.41, 5.74) is 0. The fraction of sp³-hybridized carbons (Fsp3) is 0.900. The third-order valence-electron chi connectivity index (χ3n) is 2.10. The van der Waals surface area contributed by atoms with Crippen molar-refractivity contribution in [2.45, 2.75) is 52.0 Å². The maximum Gasteiger partial charge on any atom is 0.131 e. The lowest BCUT2D eigenvalue weighted by atomic mass is 10.0. The number of nitrogens with one attached hydrogen (secondary N) is 1. The van der Waals surface area contributed by atoms with Crippen LogP contribution in [0.3, 0.4) is 0 Å². The third-order valence-corrected chi connectivity index (χ3v) is 2.10. The number of rotatable bonds is 7. The second kappa shape index (κ2) is 7.29. The van der Waals surface area contributed by atoms with Gasteiger partial charge in [0.15, 0.2) is 0 Å². The quantitative estimate of drug-likeness (QED) is 0.595. The summed E-state index contributed by atoms with van der Waals surface area (Å²) in [6, 6.07) is 0.397. The second-order valence-corrected chi connectivity index (χ2v) is 3.39. The molecule has 2 nitrogen and oxygen atoms in total. The number of hydrogen-bond acceptors (Lipinski definition) is 2. The monoisotopic (exact) mass is 171 g/mol. The number of ketones is 1. The van der Waals surface area contributed by atoms with Gasteiger partial charge in [0.05, 0.1) is 0 Å². The summed E-state index contributed by atoms with van der Waals surface area (Å²) in [6.45, 7) is 3.85. The van der Waals surface area contributed by atoms with Crippen molar-refractivity contribution in [2.75, 3.05) is 7.05 Å². The van der Waals surface area contributed by atoms with Gasteiger partial charge >= 0.3 is 0 Å². The maximum atomic E-state index is 10.8. The first-order valence-electron chi connectivity index (χ1n) is 4.87. The molecule has 0 aromatic heterocycles. The van der Waals surface area contributed by atoms with Gasteiger partial charge < -0.3 is 5.32 Å². The Kier molecular flexibility index (Phi) is 7.06. The Labute approximate surface area is 75.7 Å². The van der Waals surface area contributed by atoms with E-state index >= 15 is 0 Å². The third kappa shape index (κ3) is 6.35. The highest BCUT2D eigenvalue weighted by Gasteiger charge is 2.07. The number of hydrogen-bond donors (Lipinski definition) is 1. The minimum atomic E-state index is 0.283. The zero-order chi connectivity index (χ0) is 9.40. The molecule has 0 saturated heterocycles. The summed E-state index contributed by atoms with van der Waals surface area (Å²) >= 11 is 0. The predicted octanol–water partition coefficient (Wildman–Crippen LogP) is 2.13. The van der Waals surface area contributed by atoms with E-state index in [2.05, 4.69) is 12.2 Å². The van der Waals surface area contributed by atoms with E-state index in [4.69, 9.17) is 0 Å². The van der Waals surface area contributed by atoms with Gasteiger partial charge in [-0.3, -0.25) is 4.79 Å². The van der Waals surface area contributed by atoms with Crippen LogP contribution in [-0.4, -0.2) is 18.9 Å². The molecule has 0 aliphatic carbocycles. The lowest BCUT2D eigenvalue weighted by molar-refractivity contribution is -0.117. The summed E-state index contributed by atoms with van der Waals surface area (Å²) in [5.74, 6) is 0.283. The first-order chi connectivity index (χ1) is 5.70. The Balaban J connectivity index is 3.46. The van der Waals surface area contributed by atoms with Crippen LogP contribution >= 0.6 is 0 Å². The molecule has 0 bridgehead atoms. The summed E-state index contributed by atoms with van der Waals surface area (Å²) in [5, 5.41) is 3.17. The van der Waals surface area contributed by atoms with Crippen molar-refractivity contribution in [1.29, 1.82) is 0 Å². The standard InChI is InChI=1S/C10H21NO/c1-4-5-6-7-10(11-3)8-9(2)12/h10-11H,4-8H2,1-3H3/t10-/m0/s1. The van der Waals surface area contributed by atoms with Crippen molar-refractivity contribution in [1.82, 2.24) is 5.32 Å². The minimum Gasteiger partial charge on any atom is -0.317 e. The van der Waals surface area contributed by atoms with Gasteiger partial charge in [-0.25, -0.2) is 0 Å². The number of Topliss-reactive ketones (excluding diaryl/α,β-unsaturated/α-hetero) is 1. The fourth-order valence-corrected chi connectivity index (χ4v) is 1.34. The summed E-state index contributed by atoms with van der Waals surface area (Å²) < 4.78 is 0. The predicted molar refractivity (Wildman–Crippen MR) is 52.3 cm³/mol. The molecule has 0 saturated carbocycles.